The molecule has 0 radical (unpaired) electrons. The molecule has 0 aliphatic carbocycles. The molecule has 28 heavy (non-hydrogen) atoms. The van der Waals surface area contributed by atoms with Crippen LogP contribution in [0.5, 0.6) is 5.75 Å². The lowest BCUT2D eigenvalue weighted by atomic mass is 9.85. The van der Waals surface area contributed by atoms with Gasteiger partial charge in [-0.2, -0.15) is 8.42 Å². The summed E-state index contributed by atoms with van der Waals surface area (Å²) in [7, 11) is -3.81. The van der Waals surface area contributed by atoms with Gasteiger partial charge in [-0.25, -0.2) is 0 Å². The van der Waals surface area contributed by atoms with Crippen LogP contribution >= 0.6 is 11.6 Å². The molecule has 0 unspecified atom stereocenters. The van der Waals surface area contributed by atoms with Gasteiger partial charge in [-0.05, 0) is 43.7 Å². The van der Waals surface area contributed by atoms with Crippen LogP contribution in [0.1, 0.15) is 41.4 Å². The minimum atomic E-state index is -3.81. The SMILES string of the molecule is CC1(C)Oc2ccc(Cl)cc2[C@@H](N2Cc3ccccc3C2=O)[C@@H]1OS(C)(=O)=O. The molecule has 2 heterocycles. The third-order valence-corrected chi connectivity index (χ3v) is 5.89. The van der Waals surface area contributed by atoms with E-state index in [0.717, 1.165) is 11.8 Å². The highest BCUT2D eigenvalue weighted by atomic mass is 35.5. The topological polar surface area (TPSA) is 72.9 Å². The maximum atomic E-state index is 13.2. The molecule has 0 saturated heterocycles. The molecule has 6 nitrogen and oxygen atoms in total. The van der Waals surface area contributed by atoms with Crippen molar-refractivity contribution in [3.63, 3.8) is 0 Å². The van der Waals surface area contributed by atoms with Gasteiger partial charge >= 0.3 is 0 Å². The minimum absolute atomic E-state index is 0.175. The highest BCUT2D eigenvalue weighted by Crippen LogP contribution is 2.47. The van der Waals surface area contributed by atoms with Crippen LogP contribution in [-0.2, 0) is 20.8 Å². The first kappa shape index (κ1) is 19.2. The zero-order valence-corrected chi connectivity index (χ0v) is 17.3. The maximum absolute atomic E-state index is 13.2. The molecule has 0 spiro atoms. The van der Waals surface area contributed by atoms with E-state index in [1.807, 2.05) is 18.2 Å². The predicted molar refractivity (Wildman–Crippen MR) is 105 cm³/mol. The summed E-state index contributed by atoms with van der Waals surface area (Å²) in [5.74, 6) is 0.378. The number of hydrogen-bond donors (Lipinski definition) is 0. The molecular formula is C20H20ClNO5S. The van der Waals surface area contributed by atoms with Crippen molar-refractivity contribution in [1.29, 1.82) is 0 Å². The molecule has 2 atom stereocenters. The summed E-state index contributed by atoms with van der Waals surface area (Å²) in [6.07, 6.45) is 0.0560. The zero-order chi connectivity index (χ0) is 20.3. The van der Waals surface area contributed by atoms with E-state index in [1.165, 1.54) is 0 Å². The molecule has 148 valence electrons. The van der Waals surface area contributed by atoms with E-state index in [4.69, 9.17) is 20.5 Å². The summed E-state index contributed by atoms with van der Waals surface area (Å²) >= 11 is 6.21. The number of benzene rings is 2. The number of amides is 1. The second-order valence-electron chi connectivity index (χ2n) is 7.64. The quantitative estimate of drug-likeness (QED) is 0.708. The Morgan fingerprint density at radius 1 is 1.21 bits per heavy atom. The Balaban J connectivity index is 1.88. The zero-order valence-electron chi connectivity index (χ0n) is 15.7. The van der Waals surface area contributed by atoms with Crippen molar-refractivity contribution < 1.29 is 22.1 Å². The molecule has 0 fully saturated rings. The number of carbonyl (C=O) groups excluding carboxylic acids is 1. The normalized spacial score (nSPS) is 23.1. The first-order chi connectivity index (χ1) is 13.1. The van der Waals surface area contributed by atoms with Gasteiger partial charge in [-0.1, -0.05) is 29.8 Å². The highest BCUT2D eigenvalue weighted by molar-refractivity contribution is 7.86. The smallest absolute Gasteiger partial charge is 0.264 e. The summed E-state index contributed by atoms with van der Waals surface area (Å²) in [4.78, 5) is 14.8. The molecule has 2 aliphatic rings. The summed E-state index contributed by atoms with van der Waals surface area (Å²) in [6.45, 7) is 3.85. The van der Waals surface area contributed by atoms with Crippen LogP contribution in [0.3, 0.4) is 0 Å². The molecule has 4 rings (SSSR count). The van der Waals surface area contributed by atoms with Crippen LogP contribution in [0, 0.1) is 0 Å². The summed E-state index contributed by atoms with van der Waals surface area (Å²) in [5, 5.41) is 0.467. The molecule has 8 heteroatoms. The van der Waals surface area contributed by atoms with Crippen LogP contribution in [0.2, 0.25) is 5.02 Å². The lowest BCUT2D eigenvalue weighted by Crippen LogP contribution is -2.55. The van der Waals surface area contributed by atoms with Gasteiger partial charge in [0.05, 0.1) is 12.3 Å². The first-order valence-corrected chi connectivity index (χ1v) is 11.0. The standard InChI is InChI=1S/C20H20ClNO5S/c1-20(2)18(27-28(3,24)25)17(15-10-13(21)8-9-16(15)26-20)22-11-12-6-4-5-7-14(12)19(22)23/h4-10,17-18H,11H2,1-3H3/t17-,18+/m1/s1. The number of halogens is 1. The fourth-order valence-electron chi connectivity index (χ4n) is 3.92. The van der Waals surface area contributed by atoms with Crippen LogP contribution in [0.25, 0.3) is 0 Å². The number of ether oxygens (including phenoxy) is 1. The molecule has 2 aliphatic heterocycles. The summed E-state index contributed by atoms with van der Waals surface area (Å²) in [6, 6.07) is 11.8. The summed E-state index contributed by atoms with van der Waals surface area (Å²) < 4.78 is 35.6. The van der Waals surface area contributed by atoms with Crippen molar-refractivity contribution in [3.05, 3.63) is 64.2 Å². The van der Waals surface area contributed by atoms with Crippen molar-refractivity contribution in [2.45, 2.75) is 38.1 Å². The van der Waals surface area contributed by atoms with Gasteiger partial charge in [-0.15, -0.1) is 0 Å². The Morgan fingerprint density at radius 3 is 2.61 bits per heavy atom. The van der Waals surface area contributed by atoms with E-state index < -0.39 is 27.9 Å². The molecule has 1 amide bonds. The molecule has 0 aromatic heterocycles. The maximum Gasteiger partial charge on any atom is 0.264 e. The first-order valence-electron chi connectivity index (χ1n) is 8.82. The number of carbonyl (C=O) groups is 1. The van der Waals surface area contributed by atoms with Crippen molar-refractivity contribution in [1.82, 2.24) is 4.90 Å². The van der Waals surface area contributed by atoms with Crippen molar-refractivity contribution in [3.8, 4) is 5.75 Å². The van der Waals surface area contributed by atoms with Crippen molar-refractivity contribution >= 4 is 27.6 Å². The Kier molecular flexibility index (Phi) is 4.45. The average molecular weight is 422 g/mol. The van der Waals surface area contributed by atoms with E-state index in [2.05, 4.69) is 0 Å². The largest absolute Gasteiger partial charge is 0.485 e. The second-order valence-corrected chi connectivity index (χ2v) is 9.68. The molecule has 0 bridgehead atoms. The third-order valence-electron chi connectivity index (χ3n) is 5.10. The van der Waals surface area contributed by atoms with Crippen molar-refractivity contribution in [2.24, 2.45) is 0 Å². The molecular weight excluding hydrogens is 402 g/mol. The van der Waals surface area contributed by atoms with Gasteiger partial charge in [0.2, 0.25) is 0 Å². The number of rotatable bonds is 3. The van der Waals surface area contributed by atoms with E-state index >= 15 is 0 Å². The van der Waals surface area contributed by atoms with Crippen LogP contribution in [0.15, 0.2) is 42.5 Å². The average Bonchev–Trinajstić information content (AvgIpc) is 2.92. The Bertz CT molecular complexity index is 1070. The van der Waals surface area contributed by atoms with Gasteiger partial charge in [0.25, 0.3) is 16.0 Å². The molecule has 2 aromatic carbocycles. The highest BCUT2D eigenvalue weighted by Gasteiger charge is 2.51. The van der Waals surface area contributed by atoms with E-state index in [0.29, 0.717) is 28.4 Å². The molecule has 0 N–H and O–H groups in total. The van der Waals surface area contributed by atoms with Gasteiger partial charge in [0.15, 0.2) is 0 Å². The Labute approximate surface area is 169 Å². The van der Waals surface area contributed by atoms with Gasteiger partial charge in [0.1, 0.15) is 17.5 Å². The lowest BCUT2D eigenvalue weighted by molar-refractivity contribution is -0.0702. The Morgan fingerprint density at radius 2 is 1.93 bits per heavy atom. The predicted octanol–water partition coefficient (Wildman–Crippen LogP) is 3.55. The van der Waals surface area contributed by atoms with Gasteiger partial charge < -0.3 is 9.64 Å². The third kappa shape index (κ3) is 3.27. The fraction of sp³-hybridized carbons (Fsp3) is 0.350. The lowest BCUT2D eigenvalue weighted by Gasteiger charge is -2.46. The van der Waals surface area contributed by atoms with Crippen molar-refractivity contribution in [2.75, 3.05) is 6.26 Å². The monoisotopic (exact) mass is 421 g/mol. The number of hydrogen-bond acceptors (Lipinski definition) is 5. The van der Waals surface area contributed by atoms with E-state index in [1.54, 1.807) is 43.0 Å². The molecule has 2 aromatic rings. The fourth-order valence-corrected chi connectivity index (χ4v) is 4.81. The Hall–Kier alpha value is -2.09. The number of fused-ring (bicyclic) bond motifs is 2. The minimum Gasteiger partial charge on any atom is -0.485 e. The van der Waals surface area contributed by atoms with E-state index in [9.17, 15) is 13.2 Å². The van der Waals surface area contributed by atoms with Gasteiger partial charge in [0, 0.05) is 22.7 Å². The van der Waals surface area contributed by atoms with Crippen LogP contribution < -0.4 is 4.74 Å². The number of nitrogens with zero attached hydrogens (tertiary/aromatic N) is 1. The van der Waals surface area contributed by atoms with Gasteiger partial charge in [-0.3, -0.25) is 8.98 Å². The second kappa shape index (κ2) is 6.47. The van der Waals surface area contributed by atoms with E-state index in [-0.39, 0.29) is 5.91 Å². The molecule has 0 saturated carbocycles. The van der Waals surface area contributed by atoms with Crippen LogP contribution in [0.4, 0.5) is 0 Å². The van der Waals surface area contributed by atoms with Crippen LogP contribution in [-0.4, -0.2) is 37.2 Å². The summed E-state index contributed by atoms with van der Waals surface area (Å²) in [5.41, 5.74) is 1.12.